The third kappa shape index (κ3) is 4.46. The Kier molecular flexibility index (Phi) is 6.31. The highest BCUT2D eigenvalue weighted by molar-refractivity contribution is 7.46. The van der Waals surface area contributed by atoms with Crippen molar-refractivity contribution < 1.29 is 23.7 Å². The minimum absolute atomic E-state index is 0.131. The van der Waals surface area contributed by atoms with E-state index < -0.39 is 16.1 Å². The fourth-order valence-electron chi connectivity index (χ4n) is 3.42. The van der Waals surface area contributed by atoms with Gasteiger partial charge in [-0.3, -0.25) is 0 Å². The van der Waals surface area contributed by atoms with Gasteiger partial charge in [-0.2, -0.15) is 0 Å². The van der Waals surface area contributed by atoms with Crippen LogP contribution in [0.3, 0.4) is 0 Å². The van der Waals surface area contributed by atoms with Crippen molar-refractivity contribution in [1.29, 1.82) is 0 Å². The van der Waals surface area contributed by atoms with E-state index in [2.05, 4.69) is 0 Å². The van der Waals surface area contributed by atoms with Gasteiger partial charge in [0.05, 0.1) is 11.1 Å². The molecule has 0 aromatic heterocycles. The van der Waals surface area contributed by atoms with Gasteiger partial charge in [0.1, 0.15) is 11.5 Å². The van der Waals surface area contributed by atoms with Crippen molar-refractivity contribution in [2.24, 2.45) is 0 Å². The second-order valence-electron chi connectivity index (χ2n) is 6.65. The Morgan fingerprint density at radius 2 is 0.903 bits per heavy atom. The smallest absolute Gasteiger partial charge is 0.349 e. The fourth-order valence-corrected chi connectivity index (χ4v) is 4.68. The van der Waals surface area contributed by atoms with E-state index in [1.807, 2.05) is 36.4 Å². The average molecular weight is 446 g/mol. The molecular weight excluding hydrogens is 430 g/mol. The van der Waals surface area contributed by atoms with Crippen LogP contribution in [0.15, 0.2) is 97.1 Å². The van der Waals surface area contributed by atoms with Crippen LogP contribution in [0.25, 0.3) is 22.3 Å². The number of benzene rings is 4. The van der Waals surface area contributed by atoms with E-state index in [0.717, 1.165) is 0 Å². The van der Waals surface area contributed by atoms with Gasteiger partial charge in [-0.05, 0) is 35.4 Å². The number of rotatable bonds is 6. The van der Waals surface area contributed by atoms with Crippen molar-refractivity contribution in [3.05, 3.63) is 97.1 Å². The second-order valence-corrected chi connectivity index (χ2v) is 8.64. The molecule has 0 aliphatic carbocycles. The van der Waals surface area contributed by atoms with Crippen LogP contribution in [0, 0.1) is 0 Å². The first kappa shape index (κ1) is 21.0. The lowest BCUT2D eigenvalue weighted by molar-refractivity contribution is -0.161. The summed E-state index contributed by atoms with van der Waals surface area (Å²) in [5.41, 5.74) is 2.21. The molecule has 0 radical (unpaired) electrons. The Morgan fingerprint density at radius 3 is 1.26 bits per heavy atom. The van der Waals surface area contributed by atoms with Crippen molar-refractivity contribution in [3.8, 4) is 33.8 Å². The minimum atomic E-state index is -2.88. The quantitative estimate of drug-likeness (QED) is 0.413. The maximum absolute atomic E-state index is 11.9. The van der Waals surface area contributed by atoms with Crippen molar-refractivity contribution in [1.82, 2.24) is 0 Å². The Morgan fingerprint density at radius 1 is 0.516 bits per heavy atom. The summed E-state index contributed by atoms with van der Waals surface area (Å²) in [6.07, 6.45) is 0. The molecule has 0 aliphatic rings. The summed E-state index contributed by atoms with van der Waals surface area (Å²) < 4.78 is 30.1. The van der Waals surface area contributed by atoms with E-state index in [9.17, 15) is 18.9 Å². The summed E-state index contributed by atoms with van der Waals surface area (Å²) in [6.45, 7) is 0. The maximum atomic E-state index is 11.9. The summed E-state index contributed by atoms with van der Waals surface area (Å²) in [5, 5.41) is 0.261. The Bertz CT molecular complexity index is 1160. The van der Waals surface area contributed by atoms with Crippen molar-refractivity contribution in [2.75, 3.05) is 0 Å². The molecule has 0 N–H and O–H groups in total. The highest BCUT2D eigenvalue weighted by atomic mass is 31.1. The van der Waals surface area contributed by atoms with Crippen LogP contribution in [-0.2, 0) is 9.13 Å². The summed E-state index contributed by atoms with van der Waals surface area (Å²) >= 11 is 0. The predicted molar refractivity (Wildman–Crippen MR) is 118 cm³/mol. The summed E-state index contributed by atoms with van der Waals surface area (Å²) in [6, 6.07) is 27.7. The van der Waals surface area contributed by atoms with Gasteiger partial charge in [-0.25, -0.2) is 0 Å². The van der Waals surface area contributed by atoms with E-state index >= 15 is 0 Å². The molecule has 0 heterocycles. The van der Waals surface area contributed by atoms with E-state index in [1.54, 1.807) is 48.5 Å². The highest BCUT2D eigenvalue weighted by Gasteiger charge is 2.24. The van der Waals surface area contributed by atoms with E-state index in [1.165, 1.54) is 12.1 Å². The van der Waals surface area contributed by atoms with Gasteiger partial charge in [-0.1, -0.05) is 81.9 Å². The molecule has 0 amide bonds. The standard InChI is InChI=1S/C24H16O5P2/c25-30(26)21-15-7-13-19(23(21)17-9-3-1-4-10-17)29-20-14-8-16-22(31(27)28)24(20)18-11-5-2-6-12-18/h1-16H. The summed E-state index contributed by atoms with van der Waals surface area (Å²) in [7, 11) is -5.75. The van der Waals surface area contributed by atoms with Gasteiger partial charge in [0, 0.05) is 0 Å². The van der Waals surface area contributed by atoms with Crippen molar-refractivity contribution in [3.63, 3.8) is 0 Å². The first-order valence-corrected chi connectivity index (χ1v) is 11.8. The zero-order valence-electron chi connectivity index (χ0n) is 16.2. The number of hydrogen-bond donors (Lipinski definition) is 0. The minimum Gasteiger partial charge on any atom is -0.591 e. The van der Waals surface area contributed by atoms with Crippen LogP contribution >= 0.6 is 16.1 Å². The molecule has 4 aromatic carbocycles. The third-order valence-electron chi connectivity index (χ3n) is 4.75. The van der Waals surface area contributed by atoms with Crippen LogP contribution in [0.4, 0.5) is 0 Å². The zero-order valence-corrected chi connectivity index (χ0v) is 18.0. The molecule has 0 saturated carbocycles. The van der Waals surface area contributed by atoms with Crippen LogP contribution in [0.5, 0.6) is 11.5 Å². The predicted octanol–water partition coefficient (Wildman–Crippen LogP) is 4.27. The summed E-state index contributed by atoms with van der Waals surface area (Å²) in [4.78, 5) is 23.9. The molecule has 0 spiro atoms. The molecule has 0 aliphatic heterocycles. The molecule has 0 saturated heterocycles. The lowest BCUT2D eigenvalue weighted by Crippen LogP contribution is -2.11. The summed E-state index contributed by atoms with van der Waals surface area (Å²) in [5.74, 6) is 0.636. The van der Waals surface area contributed by atoms with Crippen LogP contribution in [0.1, 0.15) is 0 Å². The Labute approximate surface area is 181 Å². The van der Waals surface area contributed by atoms with Crippen molar-refractivity contribution >= 4 is 26.7 Å². The van der Waals surface area contributed by atoms with E-state index in [-0.39, 0.29) is 10.6 Å². The molecule has 2 unspecified atom stereocenters. The van der Waals surface area contributed by atoms with Gasteiger partial charge in [-0.15, -0.1) is 0 Å². The molecule has 5 nitrogen and oxygen atoms in total. The van der Waals surface area contributed by atoms with Gasteiger partial charge in [0.25, 0.3) is 0 Å². The second kappa shape index (κ2) is 9.30. The molecule has 0 fully saturated rings. The molecule has 152 valence electrons. The molecule has 4 aromatic rings. The first-order chi connectivity index (χ1) is 15.1. The zero-order chi connectivity index (χ0) is 21.8. The first-order valence-electron chi connectivity index (χ1n) is 9.40. The lowest BCUT2D eigenvalue weighted by atomic mass is 10.0. The van der Waals surface area contributed by atoms with Crippen LogP contribution < -0.4 is 25.1 Å². The van der Waals surface area contributed by atoms with Gasteiger partial charge in [0.15, 0.2) is 10.6 Å². The molecule has 2 atom stereocenters. The maximum Gasteiger partial charge on any atom is 0.349 e. The SMILES string of the molecule is O=[P+]([O-])c1cccc(Oc2cccc([P+](=O)[O-])c2-c2ccccc2)c1-c1ccccc1. The number of hydrogen-bond acceptors (Lipinski definition) is 5. The van der Waals surface area contributed by atoms with E-state index in [0.29, 0.717) is 33.8 Å². The topological polar surface area (TPSA) is 89.5 Å². The Balaban J connectivity index is 1.92. The van der Waals surface area contributed by atoms with E-state index in [4.69, 9.17) is 4.74 Å². The third-order valence-corrected chi connectivity index (χ3v) is 6.28. The monoisotopic (exact) mass is 446 g/mol. The molecule has 0 bridgehead atoms. The lowest BCUT2D eigenvalue weighted by Gasteiger charge is -2.15. The molecular formula is C24H16O5P2. The Hall–Kier alpha value is -3.20. The average Bonchev–Trinajstić information content (AvgIpc) is 2.80. The van der Waals surface area contributed by atoms with Gasteiger partial charge >= 0.3 is 16.1 Å². The highest BCUT2D eigenvalue weighted by Crippen LogP contribution is 2.39. The fraction of sp³-hybridized carbons (Fsp3) is 0. The molecule has 31 heavy (non-hydrogen) atoms. The van der Waals surface area contributed by atoms with Crippen molar-refractivity contribution in [2.45, 2.75) is 0 Å². The largest absolute Gasteiger partial charge is 0.591 e. The van der Waals surface area contributed by atoms with Gasteiger partial charge in [0.2, 0.25) is 0 Å². The number of ether oxygens (including phenoxy) is 1. The molecule has 7 heteroatoms. The van der Waals surface area contributed by atoms with Crippen LogP contribution in [0.2, 0.25) is 0 Å². The van der Waals surface area contributed by atoms with Crippen LogP contribution in [-0.4, -0.2) is 0 Å². The normalized spacial score (nSPS) is 11.7. The molecule has 4 rings (SSSR count). The van der Waals surface area contributed by atoms with Gasteiger partial charge < -0.3 is 14.5 Å².